The van der Waals surface area contributed by atoms with Gasteiger partial charge in [-0.3, -0.25) is 4.98 Å². The number of guanidine groups is 1. The van der Waals surface area contributed by atoms with Crippen LogP contribution in [0.1, 0.15) is 11.1 Å². The summed E-state index contributed by atoms with van der Waals surface area (Å²) in [5, 5.41) is 12.0. The van der Waals surface area contributed by atoms with Crippen LogP contribution in [0.15, 0.2) is 28.4 Å². The Morgan fingerprint density at radius 1 is 1.55 bits per heavy atom. The van der Waals surface area contributed by atoms with Crippen LogP contribution in [0.25, 0.3) is 0 Å². The van der Waals surface area contributed by atoms with E-state index in [1.165, 1.54) is 6.20 Å². The molecule has 0 saturated carbocycles. The van der Waals surface area contributed by atoms with E-state index < -0.39 is 0 Å². The molecule has 3 N–H and O–H groups in total. The molecule has 0 saturated heterocycles. The van der Waals surface area contributed by atoms with Gasteiger partial charge < -0.3 is 15.8 Å². The molecule has 0 aromatic carbocycles. The zero-order chi connectivity index (χ0) is 14.2. The Bertz CT molecular complexity index is 548. The molecule has 2 rings (SSSR count). The Labute approximate surface area is 117 Å². The lowest BCUT2D eigenvalue weighted by Crippen LogP contribution is -2.33. The van der Waals surface area contributed by atoms with Crippen molar-refractivity contribution in [2.24, 2.45) is 15.7 Å². The number of nitrogens with two attached hydrogens (primary N) is 1. The van der Waals surface area contributed by atoms with E-state index >= 15 is 0 Å². The first kappa shape index (κ1) is 14.1. The van der Waals surface area contributed by atoms with E-state index in [4.69, 9.17) is 15.7 Å². The number of ether oxygens (including phenoxy) is 1. The lowest BCUT2D eigenvalue weighted by atomic mass is 10.2. The van der Waals surface area contributed by atoms with E-state index in [0.717, 1.165) is 5.56 Å². The van der Waals surface area contributed by atoms with Gasteiger partial charge in [0.2, 0.25) is 5.96 Å². The molecule has 2 heterocycles. The average molecular weight is 272 g/mol. The molecular weight excluding hydrogens is 256 g/mol. The summed E-state index contributed by atoms with van der Waals surface area (Å²) in [4.78, 5) is 12.3. The topological polar surface area (TPSA) is 109 Å². The minimum absolute atomic E-state index is 0.182. The number of aromatic nitrogens is 1. The predicted molar refractivity (Wildman–Crippen MR) is 75.4 cm³/mol. The van der Waals surface area contributed by atoms with Crippen molar-refractivity contribution < 1.29 is 4.74 Å². The van der Waals surface area contributed by atoms with Crippen LogP contribution in [-0.4, -0.2) is 42.9 Å². The van der Waals surface area contributed by atoms with Gasteiger partial charge in [-0.15, -0.1) is 0 Å². The van der Waals surface area contributed by atoms with Crippen molar-refractivity contribution >= 4 is 12.2 Å². The van der Waals surface area contributed by atoms with Gasteiger partial charge >= 0.3 is 0 Å². The summed E-state index contributed by atoms with van der Waals surface area (Å²) in [5.41, 5.74) is 6.72. The third-order valence-corrected chi connectivity index (χ3v) is 2.70. The Kier molecular flexibility index (Phi) is 5.17. The van der Waals surface area contributed by atoms with E-state index in [9.17, 15) is 0 Å². The number of hydrogen-bond acceptors (Lipinski definition) is 7. The van der Waals surface area contributed by atoms with Crippen molar-refractivity contribution in [3.63, 3.8) is 0 Å². The van der Waals surface area contributed by atoms with Gasteiger partial charge in [0.1, 0.15) is 12.2 Å². The van der Waals surface area contributed by atoms with Crippen LogP contribution in [0.5, 0.6) is 0 Å². The van der Waals surface area contributed by atoms with Crippen molar-refractivity contribution in [1.29, 1.82) is 5.26 Å². The van der Waals surface area contributed by atoms with E-state index in [0.29, 0.717) is 37.8 Å². The smallest absolute Gasteiger partial charge is 0.217 e. The Morgan fingerprint density at radius 2 is 2.45 bits per heavy atom. The number of nitrogens with one attached hydrogen (secondary N) is 1. The van der Waals surface area contributed by atoms with Gasteiger partial charge in [0.05, 0.1) is 18.7 Å². The lowest BCUT2D eigenvalue weighted by molar-refractivity contribution is 0.0920. The fraction of sp³-hybridized carbons (Fsp3) is 0.385. The molecule has 1 atom stereocenters. The molecule has 1 aliphatic heterocycles. The van der Waals surface area contributed by atoms with E-state index in [2.05, 4.69) is 26.4 Å². The van der Waals surface area contributed by atoms with Crippen molar-refractivity contribution in [3.8, 4) is 6.07 Å². The second-order valence-corrected chi connectivity index (χ2v) is 4.15. The third kappa shape index (κ3) is 3.85. The van der Waals surface area contributed by atoms with E-state index in [1.54, 1.807) is 18.5 Å². The van der Waals surface area contributed by atoms with E-state index in [1.807, 2.05) is 0 Å². The minimum atomic E-state index is -0.182. The Morgan fingerprint density at radius 3 is 3.15 bits per heavy atom. The van der Waals surface area contributed by atoms with Crippen molar-refractivity contribution in [2.45, 2.75) is 12.7 Å². The molecule has 7 nitrogen and oxygen atoms in total. The molecular formula is C13H16N6O. The zero-order valence-electron chi connectivity index (χ0n) is 11.0. The highest BCUT2D eigenvalue weighted by Gasteiger charge is 2.12. The maximum atomic E-state index is 8.96. The summed E-state index contributed by atoms with van der Waals surface area (Å²) in [5.74, 6) is 0.580. The second-order valence-electron chi connectivity index (χ2n) is 4.15. The largest absolute Gasteiger partial charge is 0.366 e. The maximum absolute atomic E-state index is 8.96. The van der Waals surface area contributed by atoms with Gasteiger partial charge in [0.25, 0.3) is 0 Å². The summed E-state index contributed by atoms with van der Waals surface area (Å²) in [6, 6.07) is 3.86. The normalized spacial score (nSPS) is 17.4. The van der Waals surface area contributed by atoms with Gasteiger partial charge in [0, 0.05) is 31.7 Å². The van der Waals surface area contributed by atoms with Crippen LogP contribution in [-0.2, 0) is 11.3 Å². The summed E-state index contributed by atoms with van der Waals surface area (Å²) < 4.78 is 5.68. The number of rotatable bonds is 5. The SMILES string of the molecule is N#Cc1cnccc1COC1C=NC(NCCN)=NC1. The average Bonchev–Trinajstić information content (AvgIpc) is 2.52. The molecule has 1 aromatic heterocycles. The molecule has 0 spiro atoms. The molecule has 0 bridgehead atoms. The fourth-order valence-corrected chi connectivity index (χ4v) is 1.65. The van der Waals surface area contributed by atoms with Crippen LogP contribution in [0.4, 0.5) is 0 Å². The highest BCUT2D eigenvalue weighted by atomic mass is 16.5. The number of pyridine rings is 1. The van der Waals surface area contributed by atoms with Crippen LogP contribution in [0, 0.1) is 11.3 Å². The van der Waals surface area contributed by atoms with Crippen molar-refractivity contribution in [3.05, 3.63) is 29.6 Å². The van der Waals surface area contributed by atoms with Crippen LogP contribution in [0.3, 0.4) is 0 Å². The summed E-state index contributed by atoms with van der Waals surface area (Å²) in [6.45, 7) is 2.02. The standard InChI is InChI=1S/C13H16N6O/c14-2-4-17-13-18-7-12(8-19-13)20-9-10-1-3-16-6-11(10)5-15/h1,3,6-7,12H,2,4,8-9,14H2,(H,17,19). The predicted octanol–water partition coefficient (Wildman–Crippen LogP) is -0.173. The number of hydrogen-bond donors (Lipinski definition) is 2. The lowest BCUT2D eigenvalue weighted by Gasteiger charge is -2.16. The summed E-state index contributed by atoms with van der Waals surface area (Å²) >= 11 is 0. The van der Waals surface area contributed by atoms with Crippen LogP contribution >= 0.6 is 0 Å². The van der Waals surface area contributed by atoms with Gasteiger partial charge in [-0.1, -0.05) is 0 Å². The maximum Gasteiger partial charge on any atom is 0.217 e. The molecule has 0 radical (unpaired) electrons. The third-order valence-electron chi connectivity index (χ3n) is 2.70. The second kappa shape index (κ2) is 7.33. The highest BCUT2D eigenvalue weighted by molar-refractivity contribution is 5.90. The molecule has 0 fully saturated rings. The Balaban J connectivity index is 1.84. The molecule has 104 valence electrons. The van der Waals surface area contributed by atoms with Gasteiger partial charge in [0.15, 0.2) is 0 Å². The van der Waals surface area contributed by atoms with Gasteiger partial charge in [-0.05, 0) is 11.6 Å². The number of nitrogens with zero attached hydrogens (tertiary/aromatic N) is 4. The molecule has 1 aliphatic rings. The molecule has 0 aliphatic carbocycles. The van der Waals surface area contributed by atoms with Crippen LogP contribution < -0.4 is 11.1 Å². The molecule has 20 heavy (non-hydrogen) atoms. The molecule has 7 heteroatoms. The first-order valence-corrected chi connectivity index (χ1v) is 6.30. The summed E-state index contributed by atoms with van der Waals surface area (Å²) in [6.07, 6.45) is 4.69. The van der Waals surface area contributed by atoms with E-state index in [-0.39, 0.29) is 6.10 Å². The molecule has 1 aromatic rings. The quantitative estimate of drug-likeness (QED) is 0.773. The zero-order valence-corrected chi connectivity index (χ0v) is 11.0. The Hall–Kier alpha value is -2.30. The van der Waals surface area contributed by atoms with Crippen LogP contribution in [0.2, 0.25) is 0 Å². The summed E-state index contributed by atoms with van der Waals surface area (Å²) in [7, 11) is 0. The molecule has 0 amide bonds. The highest BCUT2D eigenvalue weighted by Crippen LogP contribution is 2.09. The van der Waals surface area contributed by atoms with Crippen molar-refractivity contribution in [2.75, 3.05) is 19.6 Å². The van der Waals surface area contributed by atoms with Crippen molar-refractivity contribution in [1.82, 2.24) is 10.3 Å². The monoisotopic (exact) mass is 272 g/mol. The fourth-order valence-electron chi connectivity index (χ4n) is 1.65. The van der Waals surface area contributed by atoms with Gasteiger partial charge in [-0.2, -0.15) is 5.26 Å². The first-order chi connectivity index (χ1) is 9.83. The van der Waals surface area contributed by atoms with Gasteiger partial charge in [-0.25, -0.2) is 9.98 Å². The molecule has 1 unspecified atom stereocenters. The first-order valence-electron chi connectivity index (χ1n) is 6.30. The number of aliphatic imine (C=N–C) groups is 2. The number of nitriles is 1. The minimum Gasteiger partial charge on any atom is -0.366 e.